The second-order valence-corrected chi connectivity index (χ2v) is 7.38. The van der Waals surface area contributed by atoms with Gasteiger partial charge in [-0.1, -0.05) is 47.5 Å². The Morgan fingerprint density at radius 3 is 2.63 bits per heavy atom. The summed E-state index contributed by atoms with van der Waals surface area (Å²) < 4.78 is 0. The number of carboxylic acid groups (broad SMARTS) is 1. The molecule has 0 saturated carbocycles. The lowest BCUT2D eigenvalue weighted by atomic mass is 10.1. The monoisotopic (exact) mass is 530 g/mol. The number of nitro groups is 1. The number of benzene rings is 2. The zero-order valence-electron chi connectivity index (χ0n) is 14.9. The fraction of sp³-hybridized carbons (Fsp3) is 0.0556. The van der Waals surface area contributed by atoms with Crippen LogP contribution in [-0.4, -0.2) is 26.7 Å². The highest BCUT2D eigenvalue weighted by molar-refractivity contribution is 8.93. The number of aromatic nitrogens is 1. The van der Waals surface area contributed by atoms with E-state index in [-0.39, 0.29) is 40.4 Å². The Morgan fingerprint density at radius 1 is 1.23 bits per heavy atom. The van der Waals surface area contributed by atoms with Crippen LogP contribution in [0.5, 0.6) is 0 Å². The first-order valence-electron chi connectivity index (χ1n) is 8.04. The van der Waals surface area contributed by atoms with E-state index >= 15 is 0 Å². The molecule has 0 atom stereocenters. The molecule has 1 aromatic heterocycles. The first kappa shape index (κ1) is 23.7. The maximum atomic E-state index is 11.5. The van der Waals surface area contributed by atoms with Crippen molar-refractivity contribution in [1.82, 2.24) is 4.98 Å². The number of halogens is 3. The van der Waals surface area contributed by atoms with Gasteiger partial charge in [-0.25, -0.2) is 9.78 Å². The van der Waals surface area contributed by atoms with Gasteiger partial charge in [0.15, 0.2) is 0 Å². The second kappa shape index (κ2) is 10.5. The number of hydrazone groups is 1. The Labute approximate surface area is 195 Å². The van der Waals surface area contributed by atoms with Gasteiger partial charge in [0.2, 0.25) is 5.13 Å². The van der Waals surface area contributed by atoms with Gasteiger partial charge in [0.25, 0.3) is 5.69 Å². The molecule has 0 aliphatic rings. The maximum Gasteiger partial charge on any atom is 0.352 e. The number of rotatable bonds is 7. The van der Waals surface area contributed by atoms with Crippen LogP contribution in [0.2, 0.25) is 10.0 Å². The van der Waals surface area contributed by atoms with Crippen LogP contribution in [0.15, 0.2) is 52.9 Å². The number of nitro benzene ring substituents is 1. The third kappa shape index (κ3) is 5.76. The van der Waals surface area contributed by atoms with E-state index in [1.807, 2.05) is 0 Å². The van der Waals surface area contributed by atoms with E-state index in [0.717, 1.165) is 5.56 Å². The van der Waals surface area contributed by atoms with Gasteiger partial charge in [-0.05, 0) is 12.1 Å². The number of thiazole rings is 1. The largest absolute Gasteiger partial charge is 0.477 e. The number of nitrogens with zero attached hydrogens (tertiary/aromatic N) is 3. The normalized spacial score (nSPS) is 10.9. The minimum absolute atomic E-state index is 0. The van der Waals surface area contributed by atoms with Crippen molar-refractivity contribution in [3.63, 3.8) is 0 Å². The highest BCUT2D eigenvalue weighted by Gasteiger charge is 2.18. The number of carbonyl (C=O) groups is 1. The molecule has 0 aliphatic heterocycles. The van der Waals surface area contributed by atoms with Crippen molar-refractivity contribution in [2.75, 3.05) is 5.43 Å². The fourth-order valence-electron chi connectivity index (χ4n) is 2.41. The zero-order valence-corrected chi connectivity index (χ0v) is 19.0. The summed E-state index contributed by atoms with van der Waals surface area (Å²) in [7, 11) is 0. The number of nitrogens with one attached hydrogen (secondary N) is 1. The molecule has 0 unspecified atom stereocenters. The van der Waals surface area contributed by atoms with Crippen molar-refractivity contribution in [2.45, 2.75) is 6.42 Å². The van der Waals surface area contributed by atoms with E-state index in [2.05, 4.69) is 15.5 Å². The minimum atomic E-state index is -1.29. The first-order valence-corrected chi connectivity index (χ1v) is 9.68. The molecular weight excluding hydrogens is 519 g/mol. The predicted molar refractivity (Wildman–Crippen MR) is 123 cm³/mol. The van der Waals surface area contributed by atoms with E-state index in [4.69, 9.17) is 23.2 Å². The molecule has 8 nitrogen and oxygen atoms in total. The van der Waals surface area contributed by atoms with E-state index in [1.165, 1.54) is 29.5 Å². The van der Waals surface area contributed by atoms with Crippen LogP contribution in [0.1, 0.15) is 5.56 Å². The molecule has 0 fully saturated rings. The lowest BCUT2D eigenvalue weighted by molar-refractivity contribution is -0.385. The smallest absolute Gasteiger partial charge is 0.352 e. The van der Waals surface area contributed by atoms with Gasteiger partial charge >= 0.3 is 5.97 Å². The summed E-state index contributed by atoms with van der Waals surface area (Å²) in [5.41, 5.74) is 3.74. The van der Waals surface area contributed by atoms with Crippen LogP contribution in [0.3, 0.4) is 0 Å². The number of aliphatic carboxylic acids is 1. The van der Waals surface area contributed by atoms with Crippen LogP contribution >= 0.6 is 51.5 Å². The van der Waals surface area contributed by atoms with Crippen LogP contribution in [0, 0.1) is 10.1 Å². The molecule has 30 heavy (non-hydrogen) atoms. The topological polar surface area (TPSA) is 118 Å². The first-order chi connectivity index (χ1) is 13.8. The predicted octanol–water partition coefficient (Wildman–Crippen LogP) is 5.70. The molecule has 2 N–H and O–H groups in total. The molecule has 1 heterocycles. The van der Waals surface area contributed by atoms with Gasteiger partial charge in [-0.15, -0.1) is 28.3 Å². The van der Waals surface area contributed by atoms with Crippen molar-refractivity contribution in [3.05, 3.63) is 73.6 Å². The maximum absolute atomic E-state index is 11.5. The molecule has 0 amide bonds. The number of carboxylic acids is 1. The van der Waals surface area contributed by atoms with Gasteiger partial charge in [0.1, 0.15) is 5.71 Å². The van der Waals surface area contributed by atoms with Crippen molar-refractivity contribution >= 4 is 74.0 Å². The number of hydrogen-bond acceptors (Lipinski definition) is 7. The summed E-state index contributed by atoms with van der Waals surface area (Å²) >= 11 is 13.1. The number of anilines is 1. The zero-order chi connectivity index (χ0) is 21.0. The molecule has 0 spiro atoms. The van der Waals surface area contributed by atoms with Gasteiger partial charge in [-0.2, -0.15) is 5.10 Å². The van der Waals surface area contributed by atoms with Crippen LogP contribution in [-0.2, 0) is 11.2 Å². The van der Waals surface area contributed by atoms with E-state index in [1.54, 1.807) is 29.6 Å². The average Bonchev–Trinajstić information content (AvgIpc) is 3.16. The summed E-state index contributed by atoms with van der Waals surface area (Å²) in [4.78, 5) is 26.4. The van der Waals surface area contributed by atoms with E-state index in [9.17, 15) is 20.0 Å². The Kier molecular flexibility index (Phi) is 8.30. The third-order valence-electron chi connectivity index (χ3n) is 3.80. The SMILES string of the molecule is Br.O=C(O)/C(Cc1ccccc1[N+](=O)[O-])=N/Nc1nc(-c2ccc(Cl)c(Cl)c2)cs1. The molecule has 2 aromatic carbocycles. The van der Waals surface area contributed by atoms with Crippen molar-refractivity contribution in [3.8, 4) is 11.3 Å². The highest BCUT2D eigenvalue weighted by Crippen LogP contribution is 2.30. The molecule has 12 heteroatoms. The lowest BCUT2D eigenvalue weighted by Crippen LogP contribution is -2.18. The Bertz CT molecular complexity index is 1120. The average molecular weight is 532 g/mol. The molecule has 0 radical (unpaired) electrons. The Morgan fingerprint density at radius 2 is 1.97 bits per heavy atom. The molecule has 0 aliphatic carbocycles. The van der Waals surface area contributed by atoms with E-state index in [0.29, 0.717) is 20.9 Å². The number of para-hydroxylation sites is 1. The molecule has 0 saturated heterocycles. The van der Waals surface area contributed by atoms with Gasteiger partial charge in [0.05, 0.1) is 20.7 Å². The van der Waals surface area contributed by atoms with Crippen LogP contribution in [0.25, 0.3) is 11.3 Å². The fourth-order valence-corrected chi connectivity index (χ4v) is 3.37. The standard InChI is InChI=1S/C18H12Cl2N4O4S.BrH/c19-12-6-5-10(7-13(12)20)15-9-29-18(21-15)23-22-14(17(25)26)8-11-3-1-2-4-16(11)24(27)28;/h1-7,9H,8H2,(H,21,23)(H,25,26);1H/b22-14+;. The molecular formula is C18H13BrCl2N4O4S. The summed E-state index contributed by atoms with van der Waals surface area (Å²) in [5, 5.41) is 27.3. The van der Waals surface area contributed by atoms with Crippen LogP contribution in [0.4, 0.5) is 10.8 Å². The summed E-state index contributed by atoms with van der Waals surface area (Å²) in [6.45, 7) is 0. The van der Waals surface area contributed by atoms with Gasteiger partial charge in [0, 0.05) is 29.0 Å². The minimum Gasteiger partial charge on any atom is -0.477 e. The van der Waals surface area contributed by atoms with Gasteiger partial charge in [-0.3, -0.25) is 15.5 Å². The van der Waals surface area contributed by atoms with E-state index < -0.39 is 10.9 Å². The summed E-state index contributed by atoms with van der Waals surface area (Å²) in [5.74, 6) is -1.29. The van der Waals surface area contributed by atoms with Crippen molar-refractivity contribution in [2.24, 2.45) is 5.10 Å². The number of hydrogen-bond donors (Lipinski definition) is 2. The third-order valence-corrected chi connectivity index (χ3v) is 5.29. The van der Waals surface area contributed by atoms with Crippen molar-refractivity contribution < 1.29 is 14.8 Å². The second-order valence-electron chi connectivity index (χ2n) is 5.70. The Balaban J connectivity index is 0.00000320. The molecule has 3 rings (SSSR count). The molecule has 0 bridgehead atoms. The highest BCUT2D eigenvalue weighted by atomic mass is 79.9. The van der Waals surface area contributed by atoms with Crippen molar-refractivity contribution in [1.29, 1.82) is 0 Å². The molecule has 3 aromatic rings. The Hall–Kier alpha value is -2.53. The summed E-state index contributed by atoms with van der Waals surface area (Å²) in [6.07, 6.45) is -0.218. The quantitative estimate of drug-likeness (QED) is 0.229. The summed E-state index contributed by atoms with van der Waals surface area (Å²) in [6, 6.07) is 11.0. The molecule has 156 valence electrons. The lowest BCUT2D eigenvalue weighted by Gasteiger charge is -2.04. The van der Waals surface area contributed by atoms with Crippen LogP contribution < -0.4 is 5.43 Å². The van der Waals surface area contributed by atoms with Gasteiger partial charge < -0.3 is 5.11 Å².